The molecule has 4 rings (SSSR count). The highest BCUT2D eigenvalue weighted by molar-refractivity contribution is 7.22. The van der Waals surface area contributed by atoms with Crippen LogP contribution in [0.15, 0.2) is 48.7 Å². The molecule has 3 heterocycles. The molecule has 1 aromatic carbocycles. The van der Waals surface area contributed by atoms with Crippen molar-refractivity contribution < 1.29 is 0 Å². The van der Waals surface area contributed by atoms with Gasteiger partial charge in [0.05, 0.1) is 4.88 Å². The minimum Gasteiger partial charge on any atom is -0.398 e. The van der Waals surface area contributed by atoms with E-state index >= 15 is 0 Å². The van der Waals surface area contributed by atoms with Gasteiger partial charge in [0, 0.05) is 16.6 Å². The Morgan fingerprint density at radius 1 is 1.05 bits per heavy atom. The second-order valence-corrected chi connectivity index (χ2v) is 5.45. The molecule has 0 saturated heterocycles. The maximum Gasteiger partial charge on any atom is 0.178 e. The molecule has 0 amide bonds. The molecule has 0 spiro atoms. The Labute approximate surface area is 113 Å². The lowest BCUT2D eigenvalue weighted by Gasteiger charge is -1.97. The number of benzene rings is 1. The second-order valence-electron chi connectivity index (χ2n) is 4.36. The van der Waals surface area contributed by atoms with Crippen LogP contribution in [0.2, 0.25) is 0 Å². The highest BCUT2D eigenvalue weighted by Crippen LogP contribution is 2.32. The van der Waals surface area contributed by atoms with E-state index in [-0.39, 0.29) is 0 Å². The number of nitrogen functional groups attached to an aromatic ring is 1. The van der Waals surface area contributed by atoms with Gasteiger partial charge in [0.1, 0.15) is 0 Å². The summed E-state index contributed by atoms with van der Waals surface area (Å²) in [6, 6.07) is 14.1. The van der Waals surface area contributed by atoms with E-state index in [1.54, 1.807) is 11.3 Å². The minimum atomic E-state index is 0.703. The van der Waals surface area contributed by atoms with E-state index in [9.17, 15) is 0 Å². The van der Waals surface area contributed by atoms with Crippen molar-refractivity contribution in [3.8, 4) is 10.7 Å². The SMILES string of the molecule is Nc1ccc2nnc(-c3cc4ccccc4s3)n2c1. The van der Waals surface area contributed by atoms with Crippen LogP contribution in [0.1, 0.15) is 0 Å². The highest BCUT2D eigenvalue weighted by atomic mass is 32.1. The summed E-state index contributed by atoms with van der Waals surface area (Å²) in [7, 11) is 0. The van der Waals surface area contributed by atoms with Crippen molar-refractivity contribution in [3.63, 3.8) is 0 Å². The lowest BCUT2D eigenvalue weighted by Crippen LogP contribution is -1.91. The molecular weight excluding hydrogens is 256 g/mol. The maximum atomic E-state index is 5.83. The van der Waals surface area contributed by atoms with Gasteiger partial charge < -0.3 is 5.73 Å². The molecule has 0 saturated carbocycles. The van der Waals surface area contributed by atoms with Gasteiger partial charge in [0.25, 0.3) is 0 Å². The van der Waals surface area contributed by atoms with Gasteiger partial charge in [-0.25, -0.2) is 0 Å². The molecule has 5 heteroatoms. The molecule has 92 valence electrons. The molecule has 4 aromatic rings. The van der Waals surface area contributed by atoms with Crippen LogP contribution in [0.3, 0.4) is 0 Å². The Morgan fingerprint density at radius 2 is 1.95 bits per heavy atom. The summed E-state index contributed by atoms with van der Waals surface area (Å²) in [5, 5.41) is 9.67. The monoisotopic (exact) mass is 266 g/mol. The number of fused-ring (bicyclic) bond motifs is 2. The van der Waals surface area contributed by atoms with Crippen molar-refractivity contribution in [1.29, 1.82) is 0 Å². The summed E-state index contributed by atoms with van der Waals surface area (Å²) >= 11 is 1.71. The standard InChI is InChI=1S/C14H10N4S/c15-10-5-6-13-16-17-14(18(13)8-10)12-7-9-3-1-2-4-11(9)19-12/h1-8H,15H2. The molecule has 0 fully saturated rings. The van der Waals surface area contributed by atoms with E-state index in [0.717, 1.165) is 16.3 Å². The number of anilines is 1. The molecule has 0 aliphatic rings. The summed E-state index contributed by atoms with van der Waals surface area (Å²) in [6.45, 7) is 0. The Balaban J connectivity index is 2.00. The molecular formula is C14H10N4S. The van der Waals surface area contributed by atoms with Crippen LogP contribution in [0, 0.1) is 0 Å². The van der Waals surface area contributed by atoms with E-state index in [1.165, 1.54) is 10.1 Å². The summed E-state index contributed by atoms with van der Waals surface area (Å²) in [6.07, 6.45) is 1.86. The van der Waals surface area contributed by atoms with Crippen molar-refractivity contribution in [2.75, 3.05) is 5.73 Å². The second kappa shape index (κ2) is 3.80. The van der Waals surface area contributed by atoms with Gasteiger partial charge in [-0.15, -0.1) is 21.5 Å². The fourth-order valence-corrected chi connectivity index (χ4v) is 3.21. The average molecular weight is 266 g/mol. The number of rotatable bonds is 1. The van der Waals surface area contributed by atoms with Gasteiger partial charge in [-0.2, -0.15) is 0 Å². The van der Waals surface area contributed by atoms with Crippen LogP contribution in [0.5, 0.6) is 0 Å². The zero-order chi connectivity index (χ0) is 12.8. The summed E-state index contributed by atoms with van der Waals surface area (Å²) in [5.41, 5.74) is 7.34. The molecule has 2 N–H and O–H groups in total. The number of hydrogen-bond donors (Lipinski definition) is 1. The van der Waals surface area contributed by atoms with E-state index in [1.807, 2.05) is 34.9 Å². The number of nitrogens with two attached hydrogens (primary N) is 1. The first kappa shape index (κ1) is 10.5. The van der Waals surface area contributed by atoms with Gasteiger partial charge in [0.2, 0.25) is 0 Å². The van der Waals surface area contributed by atoms with E-state index in [2.05, 4.69) is 28.4 Å². The zero-order valence-corrected chi connectivity index (χ0v) is 10.8. The Morgan fingerprint density at radius 3 is 2.84 bits per heavy atom. The van der Waals surface area contributed by atoms with Gasteiger partial charge >= 0.3 is 0 Å². The van der Waals surface area contributed by atoms with Crippen molar-refractivity contribution >= 4 is 32.8 Å². The summed E-state index contributed by atoms with van der Waals surface area (Å²) in [5.74, 6) is 0.837. The van der Waals surface area contributed by atoms with Crippen molar-refractivity contribution in [3.05, 3.63) is 48.7 Å². The zero-order valence-electron chi connectivity index (χ0n) is 9.95. The van der Waals surface area contributed by atoms with Crippen LogP contribution in [0.25, 0.3) is 26.4 Å². The fraction of sp³-hybridized carbons (Fsp3) is 0. The third kappa shape index (κ3) is 1.59. The smallest absolute Gasteiger partial charge is 0.178 e. The minimum absolute atomic E-state index is 0.703. The van der Waals surface area contributed by atoms with Crippen LogP contribution in [0.4, 0.5) is 5.69 Å². The Kier molecular flexibility index (Phi) is 2.10. The summed E-state index contributed by atoms with van der Waals surface area (Å²) < 4.78 is 3.18. The lowest BCUT2D eigenvalue weighted by atomic mass is 10.2. The van der Waals surface area contributed by atoms with Crippen molar-refractivity contribution in [1.82, 2.24) is 14.6 Å². The third-order valence-electron chi connectivity index (χ3n) is 3.07. The molecule has 0 aliphatic heterocycles. The molecule has 0 unspecified atom stereocenters. The number of pyridine rings is 1. The highest BCUT2D eigenvalue weighted by Gasteiger charge is 2.11. The van der Waals surface area contributed by atoms with Crippen LogP contribution >= 0.6 is 11.3 Å². The number of nitrogens with zero attached hydrogens (tertiary/aromatic N) is 3. The Bertz CT molecular complexity index is 858. The van der Waals surface area contributed by atoms with Gasteiger partial charge in [0.15, 0.2) is 11.5 Å². The normalized spacial score (nSPS) is 11.4. The number of aromatic nitrogens is 3. The molecule has 0 radical (unpaired) electrons. The van der Waals surface area contributed by atoms with E-state index in [4.69, 9.17) is 5.73 Å². The number of thiophene rings is 1. The van der Waals surface area contributed by atoms with Crippen molar-refractivity contribution in [2.45, 2.75) is 0 Å². The molecule has 3 aromatic heterocycles. The number of hydrogen-bond acceptors (Lipinski definition) is 4. The molecule has 4 nitrogen and oxygen atoms in total. The van der Waals surface area contributed by atoms with Gasteiger partial charge in [-0.05, 0) is 29.7 Å². The first-order chi connectivity index (χ1) is 9.31. The molecule has 0 aliphatic carbocycles. The van der Waals surface area contributed by atoms with Gasteiger partial charge in [-0.3, -0.25) is 4.40 Å². The summed E-state index contributed by atoms with van der Waals surface area (Å²) in [4.78, 5) is 1.10. The fourth-order valence-electron chi connectivity index (χ4n) is 2.17. The third-order valence-corrected chi connectivity index (χ3v) is 4.18. The van der Waals surface area contributed by atoms with Crippen LogP contribution in [-0.4, -0.2) is 14.6 Å². The first-order valence-corrected chi connectivity index (χ1v) is 6.72. The quantitative estimate of drug-likeness (QED) is 0.575. The average Bonchev–Trinajstić information content (AvgIpc) is 3.00. The van der Waals surface area contributed by atoms with Crippen LogP contribution in [-0.2, 0) is 0 Å². The van der Waals surface area contributed by atoms with E-state index in [0.29, 0.717) is 5.69 Å². The largest absolute Gasteiger partial charge is 0.398 e. The Hall–Kier alpha value is -2.40. The van der Waals surface area contributed by atoms with Crippen LogP contribution < -0.4 is 5.73 Å². The lowest BCUT2D eigenvalue weighted by molar-refractivity contribution is 1.12. The topological polar surface area (TPSA) is 56.2 Å². The van der Waals surface area contributed by atoms with Crippen molar-refractivity contribution in [2.24, 2.45) is 0 Å². The predicted molar refractivity (Wildman–Crippen MR) is 78.2 cm³/mol. The predicted octanol–water partition coefficient (Wildman–Crippen LogP) is 3.19. The molecule has 0 bridgehead atoms. The first-order valence-electron chi connectivity index (χ1n) is 5.90. The van der Waals surface area contributed by atoms with E-state index < -0.39 is 0 Å². The van der Waals surface area contributed by atoms with Gasteiger partial charge in [-0.1, -0.05) is 18.2 Å². The molecule has 19 heavy (non-hydrogen) atoms. The molecule has 0 atom stereocenters. The maximum absolute atomic E-state index is 5.83.